The van der Waals surface area contributed by atoms with Crippen molar-refractivity contribution in [3.63, 3.8) is 0 Å². The van der Waals surface area contributed by atoms with E-state index in [-0.39, 0.29) is 5.91 Å². The van der Waals surface area contributed by atoms with E-state index in [1.54, 1.807) is 0 Å². The van der Waals surface area contributed by atoms with E-state index in [9.17, 15) is 4.79 Å². The lowest BCUT2D eigenvalue weighted by atomic mass is 10.2. The Hall–Kier alpha value is -0.220. The van der Waals surface area contributed by atoms with Crippen molar-refractivity contribution in [1.29, 1.82) is 0 Å². The van der Waals surface area contributed by atoms with Gasteiger partial charge in [0.2, 0.25) is 5.91 Å². The Morgan fingerprint density at radius 1 is 1.23 bits per heavy atom. The second-order valence-electron chi connectivity index (χ2n) is 3.03. The van der Waals surface area contributed by atoms with Gasteiger partial charge in [-0.2, -0.15) is 12.6 Å². The number of unbranched alkanes of at least 4 members (excludes halogenated alkanes) is 2. The van der Waals surface area contributed by atoms with Gasteiger partial charge in [0.1, 0.15) is 0 Å². The van der Waals surface area contributed by atoms with Crippen LogP contribution in [-0.2, 0) is 4.79 Å². The zero-order chi connectivity index (χ0) is 9.94. The van der Waals surface area contributed by atoms with Crippen LogP contribution < -0.4 is 11.1 Å². The minimum absolute atomic E-state index is 0.122. The Balaban J connectivity index is 3.08. The molecule has 0 radical (unpaired) electrons. The van der Waals surface area contributed by atoms with E-state index in [0.29, 0.717) is 13.0 Å². The van der Waals surface area contributed by atoms with Gasteiger partial charge in [0.25, 0.3) is 0 Å². The molecule has 0 aliphatic heterocycles. The van der Waals surface area contributed by atoms with Crippen LogP contribution in [0.4, 0.5) is 0 Å². The molecule has 0 atom stereocenters. The highest BCUT2D eigenvalue weighted by atomic mass is 32.1. The average Bonchev–Trinajstić information content (AvgIpc) is 2.14. The molecule has 0 aliphatic rings. The van der Waals surface area contributed by atoms with Crippen molar-refractivity contribution in [2.75, 3.05) is 18.8 Å². The number of thiol groups is 1. The van der Waals surface area contributed by atoms with Crippen molar-refractivity contribution in [3.8, 4) is 0 Å². The fourth-order valence-electron chi connectivity index (χ4n) is 0.992. The fraction of sp³-hybridized carbons (Fsp3) is 0.889. The second kappa shape index (κ2) is 9.86. The molecule has 0 saturated heterocycles. The molecule has 4 heteroatoms. The summed E-state index contributed by atoms with van der Waals surface area (Å²) >= 11 is 4.11. The first-order chi connectivity index (χ1) is 6.31. The SMILES string of the molecule is NCCCC(=O)NCCCCCS. The summed E-state index contributed by atoms with van der Waals surface area (Å²) in [6.45, 7) is 1.38. The molecule has 1 amide bonds. The van der Waals surface area contributed by atoms with E-state index in [0.717, 1.165) is 38.0 Å². The summed E-state index contributed by atoms with van der Waals surface area (Å²) in [5, 5.41) is 2.86. The number of hydrogen-bond acceptors (Lipinski definition) is 3. The van der Waals surface area contributed by atoms with Crippen molar-refractivity contribution in [1.82, 2.24) is 5.32 Å². The Kier molecular flexibility index (Phi) is 9.70. The number of carbonyl (C=O) groups is 1. The van der Waals surface area contributed by atoms with Gasteiger partial charge >= 0.3 is 0 Å². The summed E-state index contributed by atoms with van der Waals surface area (Å²) in [4.78, 5) is 11.1. The highest BCUT2D eigenvalue weighted by Crippen LogP contribution is 1.95. The number of carbonyl (C=O) groups excluding carboxylic acids is 1. The minimum Gasteiger partial charge on any atom is -0.356 e. The van der Waals surface area contributed by atoms with Crippen molar-refractivity contribution in [2.45, 2.75) is 32.1 Å². The molecular weight excluding hydrogens is 184 g/mol. The molecule has 0 bridgehead atoms. The van der Waals surface area contributed by atoms with Crippen molar-refractivity contribution in [3.05, 3.63) is 0 Å². The number of nitrogens with two attached hydrogens (primary N) is 1. The predicted molar refractivity (Wildman–Crippen MR) is 59.0 cm³/mol. The topological polar surface area (TPSA) is 55.1 Å². The van der Waals surface area contributed by atoms with Crippen LogP contribution >= 0.6 is 12.6 Å². The van der Waals surface area contributed by atoms with Gasteiger partial charge in [0.05, 0.1) is 0 Å². The number of hydrogen-bond donors (Lipinski definition) is 3. The van der Waals surface area contributed by atoms with Gasteiger partial charge in [0.15, 0.2) is 0 Å². The van der Waals surface area contributed by atoms with Gasteiger partial charge in [-0.1, -0.05) is 6.42 Å². The Morgan fingerprint density at radius 2 is 2.00 bits per heavy atom. The van der Waals surface area contributed by atoms with Gasteiger partial charge in [0, 0.05) is 13.0 Å². The molecule has 0 aromatic heterocycles. The summed E-state index contributed by atoms with van der Waals surface area (Å²) in [5.41, 5.74) is 5.28. The smallest absolute Gasteiger partial charge is 0.220 e. The third kappa shape index (κ3) is 9.70. The van der Waals surface area contributed by atoms with Gasteiger partial charge in [-0.3, -0.25) is 4.79 Å². The van der Waals surface area contributed by atoms with Gasteiger partial charge < -0.3 is 11.1 Å². The normalized spacial score (nSPS) is 10.0. The zero-order valence-corrected chi connectivity index (χ0v) is 8.98. The quantitative estimate of drug-likeness (QED) is 0.407. The average molecular weight is 204 g/mol. The van der Waals surface area contributed by atoms with E-state index in [1.165, 1.54) is 0 Å². The van der Waals surface area contributed by atoms with Crippen LogP contribution in [-0.4, -0.2) is 24.7 Å². The van der Waals surface area contributed by atoms with E-state index >= 15 is 0 Å². The maximum Gasteiger partial charge on any atom is 0.220 e. The van der Waals surface area contributed by atoms with Crippen molar-refractivity contribution in [2.24, 2.45) is 5.73 Å². The van der Waals surface area contributed by atoms with E-state index < -0.39 is 0 Å². The van der Waals surface area contributed by atoms with Gasteiger partial charge in [-0.05, 0) is 31.6 Å². The monoisotopic (exact) mass is 204 g/mol. The molecule has 0 spiro atoms. The standard InChI is InChI=1S/C9H20N2OS/c10-6-4-5-9(12)11-7-2-1-3-8-13/h13H,1-8,10H2,(H,11,12). The first kappa shape index (κ1) is 12.8. The van der Waals surface area contributed by atoms with Crippen molar-refractivity contribution >= 4 is 18.5 Å². The molecule has 3 nitrogen and oxygen atoms in total. The summed E-state index contributed by atoms with van der Waals surface area (Å²) in [6, 6.07) is 0. The summed E-state index contributed by atoms with van der Waals surface area (Å²) in [5.74, 6) is 1.05. The zero-order valence-electron chi connectivity index (χ0n) is 8.09. The second-order valence-corrected chi connectivity index (χ2v) is 3.47. The van der Waals surface area contributed by atoms with Crippen LogP contribution in [0.3, 0.4) is 0 Å². The molecule has 0 rings (SSSR count). The minimum atomic E-state index is 0.122. The number of rotatable bonds is 8. The maximum atomic E-state index is 11.1. The molecule has 0 unspecified atom stereocenters. The lowest BCUT2D eigenvalue weighted by Gasteiger charge is -2.03. The van der Waals surface area contributed by atoms with Crippen LogP contribution in [0.5, 0.6) is 0 Å². The molecule has 0 heterocycles. The third-order valence-electron chi connectivity index (χ3n) is 1.77. The molecule has 78 valence electrons. The molecule has 0 aromatic rings. The van der Waals surface area contributed by atoms with Crippen LogP contribution in [0.25, 0.3) is 0 Å². The lowest BCUT2D eigenvalue weighted by molar-refractivity contribution is -0.121. The first-order valence-electron chi connectivity index (χ1n) is 4.89. The molecule has 3 N–H and O–H groups in total. The maximum absolute atomic E-state index is 11.1. The molecule has 0 fully saturated rings. The number of nitrogens with one attached hydrogen (secondary N) is 1. The van der Waals surface area contributed by atoms with Crippen LogP contribution in [0.1, 0.15) is 32.1 Å². The largest absolute Gasteiger partial charge is 0.356 e. The highest BCUT2D eigenvalue weighted by molar-refractivity contribution is 7.80. The number of amides is 1. The van der Waals surface area contributed by atoms with Crippen LogP contribution in [0.2, 0.25) is 0 Å². The van der Waals surface area contributed by atoms with Gasteiger partial charge in [-0.15, -0.1) is 0 Å². The predicted octanol–water partition coefficient (Wildman–Crippen LogP) is 0.942. The first-order valence-corrected chi connectivity index (χ1v) is 5.52. The van der Waals surface area contributed by atoms with E-state index in [2.05, 4.69) is 17.9 Å². The Bertz CT molecular complexity index is 131. The molecule has 0 saturated carbocycles. The van der Waals surface area contributed by atoms with Crippen LogP contribution in [0, 0.1) is 0 Å². The van der Waals surface area contributed by atoms with E-state index in [4.69, 9.17) is 5.73 Å². The highest BCUT2D eigenvalue weighted by Gasteiger charge is 1.98. The fourth-order valence-corrected chi connectivity index (χ4v) is 1.22. The van der Waals surface area contributed by atoms with Crippen LogP contribution in [0.15, 0.2) is 0 Å². The summed E-state index contributed by atoms with van der Waals surface area (Å²) < 4.78 is 0. The van der Waals surface area contributed by atoms with Gasteiger partial charge in [-0.25, -0.2) is 0 Å². The molecule has 0 aliphatic carbocycles. The molecular formula is C9H20N2OS. The molecule has 13 heavy (non-hydrogen) atoms. The van der Waals surface area contributed by atoms with E-state index in [1.807, 2.05) is 0 Å². The Labute approximate surface area is 85.9 Å². The molecule has 0 aromatic carbocycles. The Morgan fingerprint density at radius 3 is 2.62 bits per heavy atom. The summed E-state index contributed by atoms with van der Waals surface area (Å²) in [6.07, 6.45) is 4.66. The van der Waals surface area contributed by atoms with Crippen molar-refractivity contribution < 1.29 is 4.79 Å². The third-order valence-corrected chi connectivity index (χ3v) is 2.08. The summed E-state index contributed by atoms with van der Waals surface area (Å²) in [7, 11) is 0. The lowest BCUT2D eigenvalue weighted by Crippen LogP contribution is -2.24.